The molecule has 0 atom stereocenters. The summed E-state index contributed by atoms with van der Waals surface area (Å²) in [4.78, 5) is 13.2. The van der Waals surface area contributed by atoms with Crippen molar-refractivity contribution in [3.63, 3.8) is 0 Å². The van der Waals surface area contributed by atoms with E-state index in [1.54, 1.807) is 11.2 Å². The van der Waals surface area contributed by atoms with Crippen LogP contribution in [0.5, 0.6) is 0 Å². The quantitative estimate of drug-likeness (QED) is 0.479. The molecule has 7 heteroatoms. The van der Waals surface area contributed by atoms with E-state index in [1.165, 1.54) is 0 Å². The van der Waals surface area contributed by atoms with Crippen LogP contribution in [0.2, 0.25) is 10.3 Å². The molecule has 0 unspecified atom stereocenters. The smallest absolute Gasteiger partial charge is 0.223 e. The van der Waals surface area contributed by atoms with Crippen molar-refractivity contribution in [2.45, 2.75) is 0 Å². The van der Waals surface area contributed by atoms with Crippen molar-refractivity contribution in [3.05, 3.63) is 10.3 Å². The van der Waals surface area contributed by atoms with E-state index in [4.69, 9.17) is 28.9 Å². The van der Waals surface area contributed by atoms with E-state index in [0.717, 1.165) is 0 Å². The average molecular weight is 234 g/mol. The molecule has 0 aliphatic heterocycles. The van der Waals surface area contributed by atoms with Crippen LogP contribution in [0.3, 0.4) is 0 Å². The van der Waals surface area contributed by atoms with Gasteiger partial charge in [-0.3, -0.25) is 0 Å². The van der Waals surface area contributed by atoms with Gasteiger partial charge in [-0.2, -0.15) is 9.97 Å². The van der Waals surface area contributed by atoms with Crippen LogP contribution in [-0.2, 0) is 0 Å². The highest BCUT2D eigenvalue weighted by molar-refractivity contribution is 6.37. The molecule has 0 amide bonds. The van der Waals surface area contributed by atoms with E-state index < -0.39 is 0 Å². The van der Waals surface area contributed by atoms with Gasteiger partial charge in [-0.05, 0) is 0 Å². The Morgan fingerprint density at radius 3 is 2.21 bits per heavy atom. The minimum absolute atomic E-state index is 0.0313. The third-order valence-corrected chi connectivity index (χ3v) is 1.76. The Labute approximate surface area is 91.6 Å². The van der Waals surface area contributed by atoms with Gasteiger partial charge < -0.3 is 10.6 Å². The lowest BCUT2D eigenvalue weighted by molar-refractivity contribution is 0.643. The summed E-state index contributed by atoms with van der Waals surface area (Å²) in [5.74, 6) is 0.0313. The van der Waals surface area contributed by atoms with Gasteiger partial charge in [0.1, 0.15) is 5.69 Å². The molecule has 0 fully saturated rings. The molecule has 1 aromatic rings. The van der Waals surface area contributed by atoms with Crippen molar-refractivity contribution < 1.29 is 0 Å². The fraction of sp³-hybridized carbons (Fsp3) is 0.286. The van der Waals surface area contributed by atoms with Gasteiger partial charge in [0.2, 0.25) is 5.95 Å². The molecule has 0 spiro atoms. The first-order chi connectivity index (χ1) is 6.50. The number of nitrogens with two attached hydrogens (primary N) is 1. The molecule has 0 aliphatic rings. The van der Waals surface area contributed by atoms with Gasteiger partial charge in [-0.25, -0.2) is 4.99 Å². The molecule has 0 saturated carbocycles. The Balaban J connectivity index is 3.09. The molecular formula is C7H9Cl2N5. The summed E-state index contributed by atoms with van der Waals surface area (Å²) in [6.45, 7) is 0. The first kappa shape index (κ1) is 11.0. The van der Waals surface area contributed by atoms with E-state index in [1.807, 2.05) is 14.1 Å². The third-order valence-electron chi connectivity index (χ3n) is 1.23. The number of hydrogen-bond donors (Lipinski definition) is 1. The van der Waals surface area contributed by atoms with Crippen molar-refractivity contribution in [1.29, 1.82) is 0 Å². The van der Waals surface area contributed by atoms with Crippen LogP contribution >= 0.6 is 23.2 Å². The fourth-order valence-corrected chi connectivity index (χ4v) is 1.20. The molecule has 0 radical (unpaired) electrons. The average Bonchev–Trinajstić information content (AvgIpc) is 2.01. The summed E-state index contributed by atoms with van der Waals surface area (Å²) >= 11 is 11.5. The molecule has 5 nitrogen and oxygen atoms in total. The van der Waals surface area contributed by atoms with Crippen molar-refractivity contribution >= 4 is 41.2 Å². The zero-order chi connectivity index (χ0) is 10.7. The maximum atomic E-state index is 5.77. The predicted molar refractivity (Wildman–Crippen MR) is 58.3 cm³/mol. The van der Waals surface area contributed by atoms with Crippen LogP contribution in [-0.4, -0.2) is 35.3 Å². The Hall–Kier alpha value is -1.07. The second-order valence-electron chi connectivity index (χ2n) is 2.72. The lowest BCUT2D eigenvalue weighted by atomic mass is 10.5. The summed E-state index contributed by atoms with van der Waals surface area (Å²) in [6, 6.07) is 0. The zero-order valence-electron chi connectivity index (χ0n) is 7.70. The van der Waals surface area contributed by atoms with Crippen molar-refractivity contribution in [1.82, 2.24) is 14.9 Å². The molecule has 0 bridgehead atoms. The molecule has 2 N–H and O–H groups in total. The standard InChI is InChI=1S/C7H9Cl2N5/c1-14(2)3-11-4-5(8)12-7(10)13-6(4)9/h3H,1-2H3,(H2,10,12,13)/b11-3+. The van der Waals surface area contributed by atoms with Gasteiger partial charge in [0.25, 0.3) is 0 Å². The number of nitrogens with zero attached hydrogens (tertiary/aromatic N) is 4. The zero-order valence-corrected chi connectivity index (χ0v) is 9.21. The van der Waals surface area contributed by atoms with Crippen LogP contribution in [0.25, 0.3) is 0 Å². The maximum Gasteiger partial charge on any atom is 0.223 e. The number of hydrogen-bond acceptors (Lipinski definition) is 4. The van der Waals surface area contributed by atoms with Gasteiger partial charge in [-0.15, -0.1) is 0 Å². The number of aromatic nitrogens is 2. The SMILES string of the molecule is CN(C)/C=N/c1c(Cl)nc(N)nc1Cl. The second kappa shape index (κ2) is 4.43. The van der Waals surface area contributed by atoms with Crippen molar-refractivity contribution in [2.24, 2.45) is 4.99 Å². The molecule has 76 valence electrons. The molecule has 0 aromatic carbocycles. The van der Waals surface area contributed by atoms with E-state index in [9.17, 15) is 0 Å². The number of nitrogen functional groups attached to an aromatic ring is 1. The van der Waals surface area contributed by atoms with Crippen LogP contribution in [0.4, 0.5) is 11.6 Å². The monoisotopic (exact) mass is 233 g/mol. The first-order valence-corrected chi connectivity index (χ1v) is 4.45. The number of halogens is 2. The Bertz CT molecular complexity index is 340. The van der Waals surface area contributed by atoms with Gasteiger partial charge in [0, 0.05) is 14.1 Å². The fourth-order valence-electron chi connectivity index (χ4n) is 0.697. The number of anilines is 1. The highest BCUT2D eigenvalue weighted by Gasteiger charge is 2.08. The maximum absolute atomic E-state index is 5.77. The molecule has 0 saturated heterocycles. The third kappa shape index (κ3) is 2.71. The Morgan fingerprint density at radius 1 is 1.29 bits per heavy atom. The normalized spacial score (nSPS) is 10.9. The molecule has 1 aromatic heterocycles. The minimum Gasteiger partial charge on any atom is -0.369 e. The van der Waals surface area contributed by atoms with Gasteiger partial charge in [0.15, 0.2) is 10.3 Å². The lowest BCUT2D eigenvalue weighted by Gasteiger charge is -2.04. The molecule has 0 aliphatic carbocycles. The summed E-state index contributed by atoms with van der Waals surface area (Å²) in [6.07, 6.45) is 1.55. The van der Waals surface area contributed by atoms with Gasteiger partial charge in [0.05, 0.1) is 6.34 Å². The second-order valence-corrected chi connectivity index (χ2v) is 3.44. The lowest BCUT2D eigenvalue weighted by Crippen LogP contribution is -2.07. The Kier molecular flexibility index (Phi) is 3.49. The van der Waals surface area contributed by atoms with E-state index in [0.29, 0.717) is 5.69 Å². The summed E-state index contributed by atoms with van der Waals surface area (Å²) < 4.78 is 0. The highest BCUT2D eigenvalue weighted by atomic mass is 35.5. The van der Waals surface area contributed by atoms with Gasteiger partial charge >= 0.3 is 0 Å². The topological polar surface area (TPSA) is 67.4 Å². The van der Waals surface area contributed by atoms with Crippen LogP contribution in [0, 0.1) is 0 Å². The first-order valence-electron chi connectivity index (χ1n) is 3.70. The van der Waals surface area contributed by atoms with Crippen molar-refractivity contribution in [2.75, 3.05) is 19.8 Å². The predicted octanol–water partition coefficient (Wildman–Crippen LogP) is 1.59. The summed E-state index contributed by atoms with van der Waals surface area (Å²) in [5, 5.41) is 0.279. The van der Waals surface area contributed by atoms with E-state index in [-0.39, 0.29) is 16.3 Å². The van der Waals surface area contributed by atoms with E-state index >= 15 is 0 Å². The largest absolute Gasteiger partial charge is 0.369 e. The summed E-state index contributed by atoms with van der Waals surface area (Å²) in [7, 11) is 3.65. The van der Waals surface area contributed by atoms with Crippen LogP contribution in [0.15, 0.2) is 4.99 Å². The van der Waals surface area contributed by atoms with Gasteiger partial charge in [-0.1, -0.05) is 23.2 Å². The number of aliphatic imine (C=N–C) groups is 1. The molecule has 1 heterocycles. The minimum atomic E-state index is 0.0313. The van der Waals surface area contributed by atoms with Crippen LogP contribution in [0.1, 0.15) is 0 Å². The van der Waals surface area contributed by atoms with Crippen molar-refractivity contribution in [3.8, 4) is 0 Å². The van der Waals surface area contributed by atoms with Crippen LogP contribution < -0.4 is 5.73 Å². The molecular weight excluding hydrogens is 225 g/mol. The van der Waals surface area contributed by atoms with E-state index in [2.05, 4.69) is 15.0 Å². The highest BCUT2D eigenvalue weighted by Crippen LogP contribution is 2.29. The number of rotatable bonds is 2. The Morgan fingerprint density at radius 2 is 1.79 bits per heavy atom. The molecule has 1 rings (SSSR count). The molecule has 14 heavy (non-hydrogen) atoms. The summed E-state index contributed by atoms with van der Waals surface area (Å²) in [5.41, 5.74) is 5.65.